The first-order valence-electron chi connectivity index (χ1n) is 16.2. The molecule has 0 saturated carbocycles. The number of benzene rings is 4. The standard InChI is InChI=1S/C23H27.C20H21.2CH3.2ClH.Si.Zr/c1-6-16(2)19-14-18-8-7-9-21(22(18)15-19)17-10-12-20(13-11-17)23(3,4)5;1-14-12-16-6-5-7-18(19(16)13-14)15-8-10-17(11-9-15)20(2,3)4;;;;;;/h7-16H,6H2,1-5H3;5-13H,1-4H3;2*1H3;2*1H;;/q4*-1;;;;. The Morgan fingerprint density at radius 2 is 1.00 bits per heavy atom. The molecule has 6 aromatic carbocycles. The molecule has 0 N–H and O–H groups in total. The molecule has 6 rings (SSSR count). The van der Waals surface area contributed by atoms with Gasteiger partial charge < -0.3 is 14.9 Å². The molecule has 1 unspecified atom stereocenters. The van der Waals surface area contributed by atoms with Gasteiger partial charge in [-0.25, -0.2) is 0 Å². The van der Waals surface area contributed by atoms with Crippen molar-refractivity contribution in [3.63, 3.8) is 0 Å². The Morgan fingerprint density at radius 1 is 0.612 bits per heavy atom. The van der Waals surface area contributed by atoms with Crippen molar-refractivity contribution in [2.45, 2.75) is 85.5 Å². The molecule has 0 heterocycles. The minimum absolute atomic E-state index is 0. The zero-order valence-corrected chi connectivity index (χ0v) is 36.6. The number of hydrogen-bond acceptors (Lipinski definition) is 0. The average Bonchev–Trinajstić information content (AvgIpc) is 3.64. The van der Waals surface area contributed by atoms with Crippen LogP contribution < -0.4 is 0 Å². The summed E-state index contributed by atoms with van der Waals surface area (Å²) in [4.78, 5) is 0. The van der Waals surface area contributed by atoms with Crippen molar-refractivity contribution in [3.8, 4) is 22.3 Å². The predicted octanol–water partition coefficient (Wildman–Crippen LogP) is 14.2. The minimum atomic E-state index is 0. The van der Waals surface area contributed by atoms with E-state index >= 15 is 0 Å². The maximum absolute atomic E-state index is 3.06. The first-order chi connectivity index (χ1) is 21.3. The molecule has 0 nitrogen and oxygen atoms in total. The molecule has 0 aliphatic carbocycles. The predicted molar refractivity (Wildman–Crippen MR) is 224 cm³/mol. The molecule has 4 heteroatoms. The van der Waals surface area contributed by atoms with E-state index in [0.29, 0.717) is 5.92 Å². The zero-order valence-electron chi connectivity index (χ0n) is 31.5. The van der Waals surface area contributed by atoms with Gasteiger partial charge in [-0.1, -0.05) is 141 Å². The van der Waals surface area contributed by atoms with Gasteiger partial charge in [-0.3, -0.25) is 0 Å². The van der Waals surface area contributed by atoms with E-state index in [1.54, 1.807) is 0 Å². The van der Waals surface area contributed by atoms with E-state index in [1.807, 2.05) is 0 Å². The van der Waals surface area contributed by atoms with E-state index in [-0.39, 0.29) is 50.5 Å². The second-order valence-corrected chi connectivity index (χ2v) is 14.4. The van der Waals surface area contributed by atoms with E-state index in [4.69, 9.17) is 0 Å². The van der Waals surface area contributed by atoms with Crippen molar-refractivity contribution in [1.82, 2.24) is 0 Å². The van der Waals surface area contributed by atoms with Crippen LogP contribution in [0.4, 0.5) is 0 Å². The molecule has 262 valence electrons. The summed E-state index contributed by atoms with van der Waals surface area (Å²) < 4.78 is 0. The molecule has 0 saturated heterocycles. The van der Waals surface area contributed by atoms with Crippen LogP contribution in [0.3, 0.4) is 0 Å². The van der Waals surface area contributed by atoms with Crippen LogP contribution in [0, 0.1) is 21.8 Å². The van der Waals surface area contributed by atoms with Crippen LogP contribution in [0.1, 0.15) is 90.0 Å². The van der Waals surface area contributed by atoms with Gasteiger partial charge in [-0.2, -0.15) is 12.1 Å². The molecule has 0 amide bonds. The van der Waals surface area contributed by atoms with Crippen LogP contribution in [-0.4, -0.2) is 6.88 Å². The molecule has 6 aromatic rings. The molecular weight excluding hydrogens is 731 g/mol. The van der Waals surface area contributed by atoms with E-state index in [1.165, 1.54) is 95.8 Å². The second kappa shape index (κ2) is 20.0. The van der Waals surface area contributed by atoms with Crippen LogP contribution in [-0.2, 0) is 34.2 Å². The van der Waals surface area contributed by atoms with Crippen LogP contribution in [0.5, 0.6) is 0 Å². The summed E-state index contributed by atoms with van der Waals surface area (Å²) in [7, 11) is 0. The van der Waals surface area contributed by atoms with Gasteiger partial charge in [0.2, 0.25) is 0 Å². The summed E-state index contributed by atoms with van der Waals surface area (Å²) in [5.74, 6) is 0.624. The summed E-state index contributed by atoms with van der Waals surface area (Å²) in [6, 6.07) is 40.6. The summed E-state index contributed by atoms with van der Waals surface area (Å²) in [5.41, 5.74) is 11.3. The van der Waals surface area contributed by atoms with Crippen LogP contribution in [0.15, 0.2) is 109 Å². The summed E-state index contributed by atoms with van der Waals surface area (Å²) in [6.45, 7) is 23.3. The normalized spacial score (nSPS) is 11.3. The molecule has 0 bridgehead atoms. The maximum atomic E-state index is 3.06. The monoisotopic (exact) mass is 784 g/mol. The molecule has 0 aliphatic heterocycles. The van der Waals surface area contributed by atoms with Gasteiger partial charge in [0.15, 0.2) is 0 Å². The summed E-state index contributed by atoms with van der Waals surface area (Å²) in [5, 5.41) is 5.43. The van der Waals surface area contributed by atoms with Gasteiger partial charge in [0.05, 0.1) is 0 Å². The molecule has 1 atom stereocenters. The van der Waals surface area contributed by atoms with Gasteiger partial charge in [-0.15, -0.1) is 93.9 Å². The van der Waals surface area contributed by atoms with Crippen LogP contribution in [0.2, 0.25) is 0 Å². The van der Waals surface area contributed by atoms with Crippen LogP contribution >= 0.6 is 24.8 Å². The number of hydrogen-bond donors (Lipinski definition) is 0. The Balaban J connectivity index is 0.000000836. The molecular formula is C45H56Cl2SiZr-4. The Labute approximate surface area is 328 Å². The molecule has 0 aliphatic rings. The summed E-state index contributed by atoms with van der Waals surface area (Å²) in [6.07, 6.45) is 1.19. The Kier molecular flexibility index (Phi) is 19.1. The van der Waals surface area contributed by atoms with Crippen molar-refractivity contribution in [2.75, 3.05) is 0 Å². The molecule has 0 fully saturated rings. The van der Waals surface area contributed by atoms with Gasteiger partial charge in [-0.05, 0) is 39.0 Å². The molecule has 49 heavy (non-hydrogen) atoms. The fraction of sp³-hybridized carbons (Fsp3) is 0.289. The Hall–Kier alpha value is -2.22. The molecule has 0 aromatic heterocycles. The quantitative estimate of drug-likeness (QED) is 0.123. The summed E-state index contributed by atoms with van der Waals surface area (Å²) >= 11 is 1.36. The van der Waals surface area contributed by atoms with Crippen molar-refractivity contribution in [2.24, 2.45) is 0 Å². The van der Waals surface area contributed by atoms with Gasteiger partial charge in [0, 0.05) is 0 Å². The third-order valence-electron chi connectivity index (χ3n) is 8.97. The number of halogens is 2. The second-order valence-electron chi connectivity index (χ2n) is 14.4. The molecule has 2 radical (unpaired) electrons. The zero-order chi connectivity index (χ0) is 32.9. The van der Waals surface area contributed by atoms with Gasteiger partial charge in [0.1, 0.15) is 0 Å². The van der Waals surface area contributed by atoms with Crippen molar-refractivity contribution >= 4 is 53.2 Å². The van der Waals surface area contributed by atoms with Crippen LogP contribution in [0.25, 0.3) is 43.8 Å². The fourth-order valence-corrected chi connectivity index (χ4v) is 5.97. The third-order valence-corrected chi connectivity index (χ3v) is 8.97. The topological polar surface area (TPSA) is 0 Å². The fourth-order valence-electron chi connectivity index (χ4n) is 5.97. The first-order valence-corrected chi connectivity index (χ1v) is 20.4. The number of rotatable bonds is 4. The van der Waals surface area contributed by atoms with Crippen molar-refractivity contribution in [3.05, 3.63) is 146 Å². The van der Waals surface area contributed by atoms with Gasteiger partial charge >= 0.3 is 30.2 Å². The van der Waals surface area contributed by atoms with Crippen molar-refractivity contribution in [1.29, 1.82) is 0 Å². The van der Waals surface area contributed by atoms with Gasteiger partial charge in [0.25, 0.3) is 0 Å². The Bertz CT molecular complexity index is 1850. The number of aryl methyl sites for hydroxylation is 1. The van der Waals surface area contributed by atoms with E-state index in [9.17, 15) is 0 Å². The SMILES string of the molecule is CCC(C)c1cc2c(-c3ccc(C(C)(C)C)cc3)cccc2[cH-]1.Cc1cc2c(-c3ccc(C(C)(C)C)cc3)cccc2[cH-]1.Cl.Cl.[CH3-].[CH3-].[Si]=[Zr]. The van der Waals surface area contributed by atoms with E-state index in [0.717, 1.165) is 0 Å². The molecule has 0 spiro atoms. The average molecular weight is 787 g/mol. The third kappa shape index (κ3) is 11.4. The Morgan fingerprint density at radius 3 is 1.39 bits per heavy atom. The van der Waals surface area contributed by atoms with Crippen molar-refractivity contribution < 1.29 is 23.3 Å². The van der Waals surface area contributed by atoms with E-state index in [2.05, 4.69) is 178 Å². The van der Waals surface area contributed by atoms with E-state index < -0.39 is 0 Å². The first kappa shape index (κ1) is 46.8. The number of fused-ring (bicyclic) bond motifs is 2.